The van der Waals surface area contributed by atoms with Crippen LogP contribution in [0.1, 0.15) is 49.1 Å². The van der Waals surface area contributed by atoms with Crippen LogP contribution in [0.2, 0.25) is 0 Å². The molecule has 0 bridgehead atoms. The number of imidazole rings is 1. The lowest BCUT2D eigenvalue weighted by Gasteiger charge is -2.15. The molecule has 5 heteroatoms. The number of carbonyl (C=O) groups excluding carboxylic acids is 1. The second kappa shape index (κ2) is 8.90. The molecule has 0 aliphatic carbocycles. The zero-order chi connectivity index (χ0) is 21.1. The first kappa shape index (κ1) is 20.5. The number of para-hydroxylation sites is 2. The van der Waals surface area contributed by atoms with Crippen LogP contribution in [0.15, 0.2) is 42.5 Å². The number of hydrogen-bond acceptors (Lipinski definition) is 3. The normalized spacial score (nSPS) is 16.6. The molecule has 2 heterocycles. The van der Waals surface area contributed by atoms with Gasteiger partial charge in [0, 0.05) is 32.0 Å². The summed E-state index contributed by atoms with van der Waals surface area (Å²) in [4.78, 5) is 19.1. The quantitative estimate of drug-likeness (QED) is 0.504. The molecule has 1 aliphatic rings. The molecule has 1 saturated heterocycles. The largest absolute Gasteiger partial charge is 0.494 e. The third-order valence-corrected chi connectivity index (χ3v) is 6.17. The third kappa shape index (κ3) is 4.20. The lowest BCUT2D eigenvalue weighted by molar-refractivity contribution is -0.127. The number of likely N-dealkylation sites (N-methyl/N-ethyl adjacent to an activating group) is 1. The minimum absolute atomic E-state index is 0.177. The molecule has 1 aliphatic heterocycles. The molecule has 1 amide bonds. The summed E-state index contributed by atoms with van der Waals surface area (Å²) < 4.78 is 8.27. The number of likely N-dealkylation sites (tertiary alicyclic amines) is 1. The fraction of sp³-hybridized carbons (Fsp3) is 0.440. The van der Waals surface area contributed by atoms with Gasteiger partial charge in [-0.15, -0.1) is 0 Å². The topological polar surface area (TPSA) is 47.4 Å². The lowest BCUT2D eigenvalue weighted by atomic mass is 10.1. The minimum atomic E-state index is 0.177. The Morgan fingerprint density at radius 3 is 2.70 bits per heavy atom. The molecule has 0 N–H and O–H groups in total. The van der Waals surface area contributed by atoms with E-state index in [2.05, 4.69) is 48.7 Å². The number of unbranched alkanes of at least 4 members (excludes halogenated alkanes) is 1. The number of fused-ring (bicyclic) bond motifs is 1. The number of nitrogens with zero attached hydrogens (tertiary/aromatic N) is 3. The number of carbonyl (C=O) groups is 1. The van der Waals surface area contributed by atoms with E-state index in [0.717, 1.165) is 55.1 Å². The Balaban J connectivity index is 1.42. The van der Waals surface area contributed by atoms with E-state index >= 15 is 0 Å². The van der Waals surface area contributed by atoms with Crippen LogP contribution in [0.25, 0.3) is 11.0 Å². The SMILES string of the molecule is CCN1CC(c2nc3ccccc3n2CCCCOc2ccc(C)c(C)c2)CC1=O. The summed E-state index contributed by atoms with van der Waals surface area (Å²) in [7, 11) is 0. The van der Waals surface area contributed by atoms with E-state index in [1.807, 2.05) is 24.0 Å². The first-order chi connectivity index (χ1) is 14.6. The Hall–Kier alpha value is -2.82. The molecule has 30 heavy (non-hydrogen) atoms. The van der Waals surface area contributed by atoms with E-state index in [1.165, 1.54) is 11.1 Å². The first-order valence-electron chi connectivity index (χ1n) is 11.0. The van der Waals surface area contributed by atoms with Crippen molar-refractivity contribution in [2.75, 3.05) is 19.7 Å². The number of rotatable bonds is 8. The van der Waals surface area contributed by atoms with Crippen LogP contribution in [0.3, 0.4) is 0 Å². The van der Waals surface area contributed by atoms with Gasteiger partial charge in [-0.1, -0.05) is 18.2 Å². The van der Waals surface area contributed by atoms with Crippen LogP contribution in [0, 0.1) is 13.8 Å². The Kier molecular flexibility index (Phi) is 6.07. The molecule has 3 aromatic rings. The Morgan fingerprint density at radius 1 is 1.10 bits per heavy atom. The fourth-order valence-corrected chi connectivity index (χ4v) is 4.26. The number of benzene rings is 2. The Bertz CT molecular complexity index is 1040. The van der Waals surface area contributed by atoms with Crippen molar-refractivity contribution in [3.8, 4) is 5.75 Å². The third-order valence-electron chi connectivity index (χ3n) is 6.17. The van der Waals surface area contributed by atoms with E-state index in [9.17, 15) is 4.79 Å². The zero-order valence-corrected chi connectivity index (χ0v) is 18.2. The van der Waals surface area contributed by atoms with Crippen LogP contribution in [0.5, 0.6) is 5.75 Å². The first-order valence-corrected chi connectivity index (χ1v) is 11.0. The van der Waals surface area contributed by atoms with Crippen molar-refractivity contribution in [2.45, 2.75) is 52.5 Å². The Morgan fingerprint density at radius 2 is 1.93 bits per heavy atom. The minimum Gasteiger partial charge on any atom is -0.494 e. The summed E-state index contributed by atoms with van der Waals surface area (Å²) in [6.07, 6.45) is 2.55. The average molecular weight is 406 g/mol. The van der Waals surface area contributed by atoms with E-state index in [4.69, 9.17) is 9.72 Å². The van der Waals surface area contributed by atoms with E-state index < -0.39 is 0 Å². The van der Waals surface area contributed by atoms with Crippen molar-refractivity contribution < 1.29 is 9.53 Å². The van der Waals surface area contributed by atoms with E-state index in [-0.39, 0.29) is 11.8 Å². The van der Waals surface area contributed by atoms with Gasteiger partial charge in [-0.3, -0.25) is 4.79 Å². The fourth-order valence-electron chi connectivity index (χ4n) is 4.26. The summed E-state index contributed by atoms with van der Waals surface area (Å²) in [6, 6.07) is 14.5. The molecule has 0 spiro atoms. The molecule has 0 radical (unpaired) electrons. The molecule has 158 valence electrons. The van der Waals surface area contributed by atoms with Crippen LogP contribution in [0.4, 0.5) is 0 Å². The molecule has 1 unspecified atom stereocenters. The highest BCUT2D eigenvalue weighted by atomic mass is 16.5. The number of hydrogen-bond donors (Lipinski definition) is 0. The summed E-state index contributed by atoms with van der Waals surface area (Å²) in [5, 5.41) is 0. The monoisotopic (exact) mass is 405 g/mol. The summed E-state index contributed by atoms with van der Waals surface area (Å²) >= 11 is 0. The second-order valence-corrected chi connectivity index (χ2v) is 8.25. The molecule has 5 nitrogen and oxygen atoms in total. The van der Waals surface area contributed by atoms with Gasteiger partial charge in [0.2, 0.25) is 5.91 Å². The van der Waals surface area contributed by atoms with E-state index in [0.29, 0.717) is 13.0 Å². The number of amides is 1. The molecule has 1 atom stereocenters. The maximum atomic E-state index is 12.3. The van der Waals surface area contributed by atoms with Crippen molar-refractivity contribution in [1.29, 1.82) is 0 Å². The maximum Gasteiger partial charge on any atom is 0.223 e. The standard InChI is InChI=1S/C25H31N3O2/c1-4-27-17-20(16-24(27)29)25-26-22-9-5-6-10-23(22)28(25)13-7-8-14-30-21-12-11-18(2)19(3)15-21/h5-6,9-12,15,20H,4,7-8,13-14,16-17H2,1-3H3. The molecular weight excluding hydrogens is 374 g/mol. The predicted octanol–water partition coefficient (Wildman–Crippen LogP) is 4.85. The highest BCUT2D eigenvalue weighted by Crippen LogP contribution is 2.30. The van der Waals surface area contributed by atoms with Gasteiger partial charge in [0.15, 0.2) is 0 Å². The molecule has 1 aromatic heterocycles. The van der Waals surface area contributed by atoms with Crippen molar-refractivity contribution >= 4 is 16.9 Å². The smallest absolute Gasteiger partial charge is 0.223 e. The number of aromatic nitrogens is 2. The summed E-state index contributed by atoms with van der Waals surface area (Å²) in [5.41, 5.74) is 4.72. The molecule has 2 aromatic carbocycles. The lowest BCUT2D eigenvalue weighted by Crippen LogP contribution is -2.24. The van der Waals surface area contributed by atoms with Gasteiger partial charge in [-0.05, 0) is 69.0 Å². The van der Waals surface area contributed by atoms with Gasteiger partial charge < -0.3 is 14.2 Å². The van der Waals surface area contributed by atoms with Gasteiger partial charge in [0.25, 0.3) is 0 Å². The van der Waals surface area contributed by atoms with Crippen LogP contribution < -0.4 is 4.74 Å². The second-order valence-electron chi connectivity index (χ2n) is 8.25. The van der Waals surface area contributed by atoms with Gasteiger partial charge in [0.05, 0.1) is 17.6 Å². The highest BCUT2D eigenvalue weighted by molar-refractivity contribution is 5.80. The van der Waals surface area contributed by atoms with Crippen LogP contribution in [-0.4, -0.2) is 40.1 Å². The van der Waals surface area contributed by atoms with E-state index in [1.54, 1.807) is 0 Å². The Labute approximate surface area is 178 Å². The molecule has 4 rings (SSSR count). The van der Waals surface area contributed by atoms with Gasteiger partial charge in [0.1, 0.15) is 11.6 Å². The van der Waals surface area contributed by atoms with Crippen molar-refractivity contribution in [2.24, 2.45) is 0 Å². The number of aryl methyl sites for hydroxylation is 3. The summed E-state index contributed by atoms with van der Waals surface area (Å²) in [6.45, 7) is 9.41. The molecular formula is C25H31N3O2. The van der Waals surface area contributed by atoms with Crippen LogP contribution >= 0.6 is 0 Å². The molecule has 0 saturated carbocycles. The predicted molar refractivity (Wildman–Crippen MR) is 120 cm³/mol. The highest BCUT2D eigenvalue weighted by Gasteiger charge is 2.32. The van der Waals surface area contributed by atoms with Crippen molar-refractivity contribution in [1.82, 2.24) is 14.5 Å². The maximum absolute atomic E-state index is 12.3. The van der Waals surface area contributed by atoms with Gasteiger partial charge >= 0.3 is 0 Å². The van der Waals surface area contributed by atoms with Crippen molar-refractivity contribution in [3.05, 3.63) is 59.4 Å². The van der Waals surface area contributed by atoms with Gasteiger partial charge in [-0.2, -0.15) is 0 Å². The number of ether oxygens (including phenoxy) is 1. The van der Waals surface area contributed by atoms with Crippen molar-refractivity contribution in [3.63, 3.8) is 0 Å². The average Bonchev–Trinajstić information content (AvgIpc) is 3.30. The zero-order valence-electron chi connectivity index (χ0n) is 18.2. The van der Waals surface area contributed by atoms with Gasteiger partial charge in [-0.25, -0.2) is 4.98 Å². The van der Waals surface area contributed by atoms with Crippen LogP contribution in [-0.2, 0) is 11.3 Å². The molecule has 1 fully saturated rings. The summed E-state index contributed by atoms with van der Waals surface area (Å²) in [5.74, 6) is 2.41.